The third kappa shape index (κ3) is 4.43. The van der Waals surface area contributed by atoms with Crippen LogP contribution in [0.5, 0.6) is 0 Å². The van der Waals surface area contributed by atoms with Gasteiger partial charge in [-0.15, -0.1) is 0 Å². The molecule has 0 aromatic rings. The van der Waals surface area contributed by atoms with Crippen LogP contribution in [0.15, 0.2) is 0 Å². The highest BCUT2D eigenvalue weighted by Crippen LogP contribution is 2.22. The summed E-state index contributed by atoms with van der Waals surface area (Å²) in [5.74, 6) is 0. The molecule has 0 heterocycles. The Morgan fingerprint density at radius 1 is 1.29 bits per heavy atom. The lowest BCUT2D eigenvalue weighted by Gasteiger charge is -2.27. The predicted molar refractivity (Wildman–Crippen MR) is 60.6 cm³/mol. The second-order valence-electron chi connectivity index (χ2n) is 4.32. The van der Waals surface area contributed by atoms with Crippen molar-refractivity contribution in [1.82, 2.24) is 5.32 Å². The lowest BCUT2D eigenvalue weighted by Crippen LogP contribution is -2.26. The molecule has 1 unspecified atom stereocenters. The first kappa shape index (κ1) is 12.0. The van der Waals surface area contributed by atoms with Crippen LogP contribution in [0, 0.1) is 0 Å². The Hall–Kier alpha value is -0.0800. The Labute approximate surface area is 88.4 Å². The third-order valence-corrected chi connectivity index (χ3v) is 3.11. The molecule has 14 heavy (non-hydrogen) atoms. The van der Waals surface area contributed by atoms with Crippen LogP contribution in [0.4, 0.5) is 0 Å². The second-order valence-corrected chi connectivity index (χ2v) is 4.32. The van der Waals surface area contributed by atoms with Gasteiger partial charge in [-0.25, -0.2) is 0 Å². The van der Waals surface area contributed by atoms with Crippen molar-refractivity contribution in [2.24, 2.45) is 0 Å². The quantitative estimate of drug-likeness (QED) is 0.710. The molecule has 84 valence electrons. The van der Waals surface area contributed by atoms with Crippen LogP contribution in [-0.4, -0.2) is 25.8 Å². The Morgan fingerprint density at radius 2 is 2.00 bits per heavy atom. The molecule has 1 atom stereocenters. The first-order valence-corrected chi connectivity index (χ1v) is 6.17. The molecule has 0 amide bonds. The fourth-order valence-electron chi connectivity index (χ4n) is 2.15. The van der Waals surface area contributed by atoms with Crippen molar-refractivity contribution < 1.29 is 4.74 Å². The van der Waals surface area contributed by atoms with Crippen LogP contribution in [0.25, 0.3) is 0 Å². The normalized spacial score (nSPS) is 21.0. The summed E-state index contributed by atoms with van der Waals surface area (Å²) in [5, 5.41) is 3.19. The first-order valence-electron chi connectivity index (χ1n) is 6.17. The zero-order valence-electron chi connectivity index (χ0n) is 9.72. The van der Waals surface area contributed by atoms with Crippen LogP contribution in [0.3, 0.4) is 0 Å². The average molecular weight is 199 g/mol. The minimum absolute atomic E-state index is 0.477. The molecular formula is C12H25NO. The van der Waals surface area contributed by atoms with E-state index < -0.39 is 0 Å². The van der Waals surface area contributed by atoms with Crippen LogP contribution in [0.1, 0.15) is 51.9 Å². The SMILES string of the molecule is CCC(CCNC)OC1CCCCC1. The van der Waals surface area contributed by atoms with E-state index >= 15 is 0 Å². The van der Waals surface area contributed by atoms with Crippen molar-refractivity contribution in [2.45, 2.75) is 64.1 Å². The smallest absolute Gasteiger partial charge is 0.0588 e. The molecule has 0 aliphatic heterocycles. The van der Waals surface area contributed by atoms with E-state index in [4.69, 9.17) is 4.74 Å². The summed E-state index contributed by atoms with van der Waals surface area (Å²) in [5.41, 5.74) is 0. The van der Waals surface area contributed by atoms with E-state index in [-0.39, 0.29) is 0 Å². The van der Waals surface area contributed by atoms with E-state index in [1.165, 1.54) is 32.1 Å². The monoisotopic (exact) mass is 199 g/mol. The Kier molecular flexibility index (Phi) is 6.20. The number of ether oxygens (including phenoxy) is 1. The summed E-state index contributed by atoms with van der Waals surface area (Å²) in [6, 6.07) is 0. The Bertz CT molecular complexity index is 132. The van der Waals surface area contributed by atoms with Crippen molar-refractivity contribution in [3.63, 3.8) is 0 Å². The largest absolute Gasteiger partial charge is 0.375 e. The van der Waals surface area contributed by atoms with Crippen LogP contribution < -0.4 is 5.32 Å². The van der Waals surface area contributed by atoms with E-state index in [1.807, 2.05) is 7.05 Å². The zero-order chi connectivity index (χ0) is 10.2. The molecule has 0 bridgehead atoms. The third-order valence-electron chi connectivity index (χ3n) is 3.11. The minimum atomic E-state index is 0.477. The summed E-state index contributed by atoms with van der Waals surface area (Å²) < 4.78 is 6.10. The lowest BCUT2D eigenvalue weighted by atomic mass is 9.97. The van der Waals surface area contributed by atoms with Crippen LogP contribution in [-0.2, 0) is 4.74 Å². The topological polar surface area (TPSA) is 21.3 Å². The fourth-order valence-corrected chi connectivity index (χ4v) is 2.15. The molecule has 0 aromatic carbocycles. The molecule has 1 rings (SSSR count). The maximum Gasteiger partial charge on any atom is 0.0588 e. The Morgan fingerprint density at radius 3 is 2.57 bits per heavy atom. The van der Waals surface area contributed by atoms with Gasteiger partial charge in [0.2, 0.25) is 0 Å². The van der Waals surface area contributed by atoms with E-state index in [9.17, 15) is 0 Å². The van der Waals surface area contributed by atoms with Gasteiger partial charge < -0.3 is 10.1 Å². The maximum absolute atomic E-state index is 6.10. The molecule has 0 saturated heterocycles. The molecule has 2 heteroatoms. The molecule has 1 N–H and O–H groups in total. The summed E-state index contributed by atoms with van der Waals surface area (Å²) in [4.78, 5) is 0. The van der Waals surface area contributed by atoms with Gasteiger partial charge in [0.05, 0.1) is 12.2 Å². The summed E-state index contributed by atoms with van der Waals surface area (Å²) >= 11 is 0. The van der Waals surface area contributed by atoms with Gasteiger partial charge in [0, 0.05) is 0 Å². The van der Waals surface area contributed by atoms with Gasteiger partial charge in [-0.2, -0.15) is 0 Å². The van der Waals surface area contributed by atoms with E-state index in [0.29, 0.717) is 12.2 Å². The molecular weight excluding hydrogens is 174 g/mol. The molecule has 1 aliphatic rings. The molecule has 1 saturated carbocycles. The van der Waals surface area contributed by atoms with Crippen molar-refractivity contribution in [1.29, 1.82) is 0 Å². The van der Waals surface area contributed by atoms with E-state index in [0.717, 1.165) is 19.4 Å². The van der Waals surface area contributed by atoms with Gasteiger partial charge in [-0.05, 0) is 39.3 Å². The second kappa shape index (κ2) is 7.24. The molecule has 0 aromatic heterocycles. The fraction of sp³-hybridized carbons (Fsp3) is 1.00. The van der Waals surface area contributed by atoms with Crippen molar-refractivity contribution in [3.05, 3.63) is 0 Å². The summed E-state index contributed by atoms with van der Waals surface area (Å²) in [6.45, 7) is 3.30. The Balaban J connectivity index is 2.16. The highest BCUT2D eigenvalue weighted by atomic mass is 16.5. The number of hydrogen-bond donors (Lipinski definition) is 1. The highest BCUT2D eigenvalue weighted by molar-refractivity contribution is 4.68. The highest BCUT2D eigenvalue weighted by Gasteiger charge is 2.17. The van der Waals surface area contributed by atoms with Gasteiger partial charge in [0.25, 0.3) is 0 Å². The predicted octanol–water partition coefficient (Wildman–Crippen LogP) is 2.72. The summed E-state index contributed by atoms with van der Waals surface area (Å²) in [7, 11) is 2.01. The minimum Gasteiger partial charge on any atom is -0.375 e. The lowest BCUT2D eigenvalue weighted by molar-refractivity contribution is -0.0342. The van der Waals surface area contributed by atoms with E-state index in [2.05, 4.69) is 12.2 Å². The van der Waals surface area contributed by atoms with Gasteiger partial charge in [-0.1, -0.05) is 26.2 Å². The van der Waals surface area contributed by atoms with Gasteiger partial charge >= 0.3 is 0 Å². The van der Waals surface area contributed by atoms with Crippen molar-refractivity contribution in [3.8, 4) is 0 Å². The molecule has 1 aliphatic carbocycles. The van der Waals surface area contributed by atoms with Gasteiger partial charge in [0.15, 0.2) is 0 Å². The van der Waals surface area contributed by atoms with Gasteiger partial charge in [-0.3, -0.25) is 0 Å². The molecule has 0 spiro atoms. The molecule has 0 radical (unpaired) electrons. The number of rotatable bonds is 6. The molecule has 2 nitrogen and oxygen atoms in total. The summed E-state index contributed by atoms with van der Waals surface area (Å²) in [6.07, 6.45) is 10.1. The van der Waals surface area contributed by atoms with E-state index in [1.54, 1.807) is 0 Å². The van der Waals surface area contributed by atoms with Crippen LogP contribution >= 0.6 is 0 Å². The van der Waals surface area contributed by atoms with Crippen molar-refractivity contribution >= 4 is 0 Å². The number of nitrogens with one attached hydrogen (secondary N) is 1. The standard InChI is InChI=1S/C12H25NO/c1-3-11(9-10-13-2)14-12-7-5-4-6-8-12/h11-13H,3-10H2,1-2H3. The van der Waals surface area contributed by atoms with Crippen molar-refractivity contribution in [2.75, 3.05) is 13.6 Å². The molecule has 1 fully saturated rings. The van der Waals surface area contributed by atoms with Crippen LogP contribution in [0.2, 0.25) is 0 Å². The first-order chi connectivity index (χ1) is 6.86. The maximum atomic E-state index is 6.10. The van der Waals surface area contributed by atoms with Gasteiger partial charge in [0.1, 0.15) is 0 Å². The zero-order valence-corrected chi connectivity index (χ0v) is 9.72. The number of hydrogen-bond acceptors (Lipinski definition) is 2. The average Bonchev–Trinajstić information content (AvgIpc) is 2.25.